The van der Waals surface area contributed by atoms with Crippen LogP contribution in [0.4, 0.5) is 5.82 Å². The summed E-state index contributed by atoms with van der Waals surface area (Å²) in [4.78, 5) is 6.41. The Balaban J connectivity index is 2.76. The molecule has 1 rings (SSSR count). The van der Waals surface area contributed by atoms with Gasteiger partial charge in [0.05, 0.1) is 13.2 Å². The number of nitrogen functional groups attached to an aromatic ring is 1. The molecule has 0 aliphatic heterocycles. The number of methoxy groups -OCH3 is 1. The van der Waals surface area contributed by atoms with Crippen LogP contribution < -0.4 is 10.5 Å². The predicted molar refractivity (Wildman–Crippen MR) is 64.8 cm³/mol. The second-order valence-electron chi connectivity index (χ2n) is 3.61. The van der Waals surface area contributed by atoms with Gasteiger partial charge >= 0.3 is 0 Å². The minimum absolute atomic E-state index is 0.105. The third kappa shape index (κ3) is 3.49. The summed E-state index contributed by atoms with van der Waals surface area (Å²) in [5, 5.41) is 22.9. The minimum atomic E-state index is -1.14. The summed E-state index contributed by atoms with van der Waals surface area (Å²) in [6.07, 6.45) is -0.677. The Bertz CT molecular complexity index is 447. The van der Waals surface area contributed by atoms with E-state index in [0.717, 1.165) is 0 Å². The van der Waals surface area contributed by atoms with Gasteiger partial charge in [-0.05, 0) is 18.0 Å². The van der Waals surface area contributed by atoms with Gasteiger partial charge in [0.2, 0.25) is 0 Å². The lowest BCUT2D eigenvalue weighted by atomic mass is 10.0. The van der Waals surface area contributed by atoms with Crippen molar-refractivity contribution in [2.75, 3.05) is 19.4 Å². The molecular formula is C10H15N5O3. The molecule has 0 aromatic carbocycles. The third-order valence-corrected chi connectivity index (χ3v) is 2.42. The first-order valence-electron chi connectivity index (χ1n) is 5.26. The maximum absolute atomic E-state index is 9.88. The van der Waals surface area contributed by atoms with Crippen LogP contribution in [0.15, 0.2) is 17.4 Å². The number of nitrogens with two attached hydrogens (primary N) is 1. The van der Waals surface area contributed by atoms with Crippen LogP contribution in [0.2, 0.25) is 0 Å². The molecule has 8 nitrogen and oxygen atoms in total. The Labute approximate surface area is 104 Å². The van der Waals surface area contributed by atoms with Crippen LogP contribution in [-0.4, -0.2) is 35.0 Å². The van der Waals surface area contributed by atoms with Gasteiger partial charge < -0.3 is 20.7 Å². The van der Waals surface area contributed by atoms with Crippen LogP contribution in [0, 0.1) is 0 Å². The molecule has 0 aliphatic carbocycles. The van der Waals surface area contributed by atoms with Crippen LogP contribution >= 0.6 is 0 Å². The van der Waals surface area contributed by atoms with Crippen LogP contribution in [0.5, 0.6) is 5.75 Å². The summed E-state index contributed by atoms with van der Waals surface area (Å²) < 4.78 is 4.97. The molecule has 18 heavy (non-hydrogen) atoms. The van der Waals surface area contributed by atoms with Crippen LogP contribution in [0.25, 0.3) is 10.4 Å². The first kappa shape index (κ1) is 14.0. The van der Waals surface area contributed by atoms with E-state index in [1.165, 1.54) is 19.4 Å². The number of aromatic nitrogens is 1. The van der Waals surface area contributed by atoms with Gasteiger partial charge in [-0.1, -0.05) is 5.11 Å². The van der Waals surface area contributed by atoms with Crippen molar-refractivity contribution in [1.82, 2.24) is 4.98 Å². The van der Waals surface area contributed by atoms with Gasteiger partial charge in [0.25, 0.3) is 0 Å². The molecule has 8 heteroatoms. The first-order chi connectivity index (χ1) is 8.60. The summed E-state index contributed by atoms with van der Waals surface area (Å²) in [7, 11) is 1.43. The Kier molecular flexibility index (Phi) is 5.19. The molecule has 2 atom stereocenters. The Morgan fingerprint density at radius 1 is 1.61 bits per heavy atom. The molecule has 1 heterocycles. The standard InChI is InChI=1S/C10H15N5O3/c1-18-8-4-6(5-13-10(8)11)9(17)7(16)2-3-14-15-12/h4-5,7,9,16-17H,2-3H2,1H3,(H2,11,13). The number of ether oxygens (including phenoxy) is 1. The van der Waals surface area contributed by atoms with Crippen molar-refractivity contribution in [2.24, 2.45) is 5.11 Å². The van der Waals surface area contributed by atoms with E-state index in [1.807, 2.05) is 0 Å². The number of pyridine rings is 1. The van der Waals surface area contributed by atoms with E-state index in [4.69, 9.17) is 16.0 Å². The average Bonchev–Trinajstić information content (AvgIpc) is 2.38. The van der Waals surface area contributed by atoms with Gasteiger partial charge in [-0.3, -0.25) is 0 Å². The lowest BCUT2D eigenvalue weighted by molar-refractivity contribution is 0.0147. The van der Waals surface area contributed by atoms with Crippen molar-refractivity contribution in [3.63, 3.8) is 0 Å². The van der Waals surface area contributed by atoms with E-state index < -0.39 is 12.2 Å². The lowest BCUT2D eigenvalue weighted by Crippen LogP contribution is -2.19. The number of rotatable bonds is 6. The van der Waals surface area contributed by atoms with Crippen molar-refractivity contribution >= 4 is 5.82 Å². The third-order valence-electron chi connectivity index (χ3n) is 2.42. The quantitative estimate of drug-likeness (QED) is 0.390. The van der Waals surface area contributed by atoms with Gasteiger partial charge in [0.15, 0.2) is 11.6 Å². The van der Waals surface area contributed by atoms with E-state index in [2.05, 4.69) is 15.0 Å². The zero-order valence-electron chi connectivity index (χ0n) is 9.89. The fourth-order valence-electron chi connectivity index (χ4n) is 1.41. The van der Waals surface area contributed by atoms with E-state index >= 15 is 0 Å². The SMILES string of the molecule is COc1cc(C(O)C(O)CCN=[N+]=[N-])cnc1N. The summed E-state index contributed by atoms with van der Waals surface area (Å²) >= 11 is 0. The Hall–Kier alpha value is -2.02. The zero-order chi connectivity index (χ0) is 13.5. The number of aliphatic hydroxyl groups is 2. The van der Waals surface area contributed by atoms with Gasteiger partial charge in [-0.15, -0.1) is 0 Å². The summed E-state index contributed by atoms with van der Waals surface area (Å²) in [5.41, 5.74) is 14.0. The summed E-state index contributed by atoms with van der Waals surface area (Å²) in [6, 6.07) is 1.50. The second kappa shape index (κ2) is 6.65. The molecule has 0 spiro atoms. The Morgan fingerprint density at radius 2 is 2.33 bits per heavy atom. The molecule has 0 amide bonds. The highest BCUT2D eigenvalue weighted by Crippen LogP contribution is 2.25. The largest absolute Gasteiger partial charge is 0.493 e. The molecule has 1 aromatic rings. The van der Waals surface area contributed by atoms with Crippen molar-refractivity contribution in [3.8, 4) is 5.75 Å². The van der Waals surface area contributed by atoms with E-state index in [0.29, 0.717) is 11.3 Å². The zero-order valence-corrected chi connectivity index (χ0v) is 9.89. The lowest BCUT2D eigenvalue weighted by Gasteiger charge is -2.17. The van der Waals surface area contributed by atoms with Gasteiger partial charge in [-0.25, -0.2) is 4.98 Å². The normalized spacial score (nSPS) is 13.5. The van der Waals surface area contributed by atoms with Crippen LogP contribution in [-0.2, 0) is 0 Å². The van der Waals surface area contributed by atoms with Gasteiger partial charge in [0.1, 0.15) is 6.10 Å². The molecule has 98 valence electrons. The molecule has 2 unspecified atom stereocenters. The number of hydrogen-bond acceptors (Lipinski definition) is 6. The monoisotopic (exact) mass is 253 g/mol. The number of anilines is 1. The molecule has 0 saturated heterocycles. The van der Waals surface area contributed by atoms with E-state index in [1.54, 1.807) is 0 Å². The number of aliphatic hydroxyl groups excluding tert-OH is 2. The second-order valence-corrected chi connectivity index (χ2v) is 3.61. The molecule has 4 N–H and O–H groups in total. The fourth-order valence-corrected chi connectivity index (χ4v) is 1.41. The maximum Gasteiger partial charge on any atom is 0.166 e. The molecule has 0 radical (unpaired) electrons. The number of nitrogens with zero attached hydrogens (tertiary/aromatic N) is 4. The molecular weight excluding hydrogens is 238 g/mol. The molecule has 1 aromatic heterocycles. The van der Waals surface area contributed by atoms with Gasteiger partial charge in [0, 0.05) is 23.2 Å². The molecule has 0 aliphatic rings. The van der Waals surface area contributed by atoms with Crippen molar-refractivity contribution in [3.05, 3.63) is 28.3 Å². The highest BCUT2D eigenvalue weighted by atomic mass is 16.5. The van der Waals surface area contributed by atoms with Crippen LogP contribution in [0.3, 0.4) is 0 Å². The number of hydrogen-bond donors (Lipinski definition) is 3. The first-order valence-corrected chi connectivity index (χ1v) is 5.26. The summed E-state index contributed by atoms with van der Waals surface area (Å²) in [5.74, 6) is 0.533. The van der Waals surface area contributed by atoms with Crippen molar-refractivity contribution < 1.29 is 14.9 Å². The molecule has 0 saturated carbocycles. The highest BCUT2D eigenvalue weighted by Gasteiger charge is 2.19. The van der Waals surface area contributed by atoms with Gasteiger partial charge in [-0.2, -0.15) is 0 Å². The molecule has 0 fully saturated rings. The number of azide groups is 1. The predicted octanol–water partition coefficient (Wildman–Crippen LogP) is 0.767. The fraction of sp³-hybridized carbons (Fsp3) is 0.500. The minimum Gasteiger partial charge on any atom is -0.493 e. The van der Waals surface area contributed by atoms with Crippen molar-refractivity contribution in [1.29, 1.82) is 0 Å². The Morgan fingerprint density at radius 3 is 2.94 bits per heavy atom. The topological polar surface area (TPSA) is 137 Å². The summed E-state index contributed by atoms with van der Waals surface area (Å²) in [6.45, 7) is 0.105. The van der Waals surface area contributed by atoms with E-state index in [9.17, 15) is 10.2 Å². The average molecular weight is 253 g/mol. The van der Waals surface area contributed by atoms with Crippen LogP contribution in [0.1, 0.15) is 18.1 Å². The molecule has 0 bridgehead atoms. The van der Waals surface area contributed by atoms with E-state index in [-0.39, 0.29) is 18.8 Å². The highest BCUT2D eigenvalue weighted by molar-refractivity contribution is 5.47. The smallest absolute Gasteiger partial charge is 0.166 e. The van der Waals surface area contributed by atoms with Crippen molar-refractivity contribution in [2.45, 2.75) is 18.6 Å². The maximum atomic E-state index is 9.88.